The Hall–Kier alpha value is -1.81. The molecule has 0 amide bonds. The summed E-state index contributed by atoms with van der Waals surface area (Å²) >= 11 is 17.8. The molecule has 0 spiro atoms. The summed E-state index contributed by atoms with van der Waals surface area (Å²) < 4.78 is 3.48. The molecule has 0 fully saturated rings. The van der Waals surface area contributed by atoms with Crippen molar-refractivity contribution in [1.29, 1.82) is 0 Å². The van der Waals surface area contributed by atoms with E-state index in [1.807, 2.05) is 60.7 Å². The molecule has 0 atom stereocenters. The number of nitrogens with zero attached hydrogens (tertiary/aromatic N) is 2. The maximum absolute atomic E-state index is 5.95. The van der Waals surface area contributed by atoms with Crippen molar-refractivity contribution < 1.29 is 4.74 Å². The van der Waals surface area contributed by atoms with E-state index in [1.54, 1.807) is 7.11 Å². The molecule has 0 N–H and O–H groups in total. The van der Waals surface area contributed by atoms with Crippen molar-refractivity contribution in [3.05, 3.63) is 65.6 Å². The predicted octanol–water partition coefficient (Wildman–Crippen LogP) is 5.64. The van der Waals surface area contributed by atoms with Crippen molar-refractivity contribution in [1.82, 2.24) is 9.97 Å². The van der Waals surface area contributed by atoms with E-state index < -0.39 is 3.79 Å². The van der Waals surface area contributed by atoms with Crippen LogP contribution in [-0.2, 0) is 3.79 Å². The monoisotopic (exact) mass is 378 g/mol. The average molecular weight is 380 g/mol. The lowest BCUT2D eigenvalue weighted by molar-refractivity contribution is 0.415. The fourth-order valence-corrected chi connectivity index (χ4v) is 2.50. The minimum atomic E-state index is -1.67. The van der Waals surface area contributed by atoms with Crippen LogP contribution in [0.15, 0.2) is 48.5 Å². The van der Waals surface area contributed by atoms with E-state index in [0.29, 0.717) is 5.69 Å². The highest BCUT2D eigenvalue weighted by Crippen LogP contribution is 2.37. The number of para-hydroxylation sites is 1. The Morgan fingerprint density at radius 3 is 2.29 bits per heavy atom. The first-order chi connectivity index (χ1) is 11.5. The molecule has 0 aliphatic heterocycles. The number of aromatic nitrogens is 2. The zero-order valence-corrected chi connectivity index (χ0v) is 15.0. The van der Waals surface area contributed by atoms with E-state index in [4.69, 9.17) is 39.5 Å². The molecule has 3 nitrogen and oxygen atoms in total. The van der Waals surface area contributed by atoms with Crippen LogP contribution >= 0.6 is 34.8 Å². The molecular formula is C18H13Cl3N2O. The lowest BCUT2D eigenvalue weighted by Crippen LogP contribution is -2.08. The molecule has 0 radical (unpaired) electrons. The molecule has 3 rings (SSSR count). The lowest BCUT2D eigenvalue weighted by atomic mass is 10.1. The molecule has 0 saturated heterocycles. The van der Waals surface area contributed by atoms with Crippen LogP contribution < -0.4 is 4.74 Å². The molecule has 0 aliphatic carbocycles. The third-order valence-electron chi connectivity index (χ3n) is 3.44. The number of fused-ring (bicyclic) bond motifs is 1. The van der Waals surface area contributed by atoms with Gasteiger partial charge >= 0.3 is 0 Å². The summed E-state index contributed by atoms with van der Waals surface area (Å²) in [6.07, 6.45) is 3.82. The molecule has 122 valence electrons. The van der Waals surface area contributed by atoms with Crippen molar-refractivity contribution in [3.8, 4) is 5.75 Å². The van der Waals surface area contributed by atoms with Crippen LogP contribution in [0.5, 0.6) is 5.75 Å². The SMILES string of the molecule is COc1ccc(C=Cc2nc(C(Cl)(Cl)Cl)nc3ccccc23)cc1. The van der Waals surface area contributed by atoms with Gasteiger partial charge < -0.3 is 4.74 Å². The zero-order valence-electron chi connectivity index (χ0n) is 12.7. The second-order valence-electron chi connectivity index (χ2n) is 5.05. The Labute approximate surface area is 154 Å². The number of hydrogen-bond donors (Lipinski definition) is 0. The van der Waals surface area contributed by atoms with E-state index in [1.165, 1.54) is 0 Å². The Kier molecular flexibility index (Phi) is 4.95. The van der Waals surface area contributed by atoms with Gasteiger partial charge in [-0.2, -0.15) is 0 Å². The van der Waals surface area contributed by atoms with Crippen LogP contribution in [0.2, 0.25) is 0 Å². The molecule has 0 bridgehead atoms. The molecule has 0 aliphatic rings. The quantitative estimate of drug-likeness (QED) is 0.553. The Balaban J connectivity index is 2.05. The third kappa shape index (κ3) is 3.81. The van der Waals surface area contributed by atoms with E-state index in [2.05, 4.69) is 9.97 Å². The topological polar surface area (TPSA) is 35.0 Å². The van der Waals surface area contributed by atoms with Gasteiger partial charge in [0.1, 0.15) is 5.75 Å². The number of halogens is 3. The Morgan fingerprint density at radius 2 is 1.62 bits per heavy atom. The fraction of sp³-hybridized carbons (Fsp3) is 0.111. The van der Waals surface area contributed by atoms with Gasteiger partial charge in [-0.15, -0.1) is 0 Å². The van der Waals surface area contributed by atoms with Crippen molar-refractivity contribution in [3.63, 3.8) is 0 Å². The zero-order chi connectivity index (χ0) is 17.2. The number of alkyl halides is 3. The predicted molar refractivity (Wildman–Crippen MR) is 101 cm³/mol. The number of ether oxygens (including phenoxy) is 1. The fourth-order valence-electron chi connectivity index (χ4n) is 2.25. The normalized spacial score (nSPS) is 12.0. The van der Waals surface area contributed by atoms with E-state index >= 15 is 0 Å². The van der Waals surface area contributed by atoms with Gasteiger partial charge in [-0.3, -0.25) is 0 Å². The van der Waals surface area contributed by atoms with Crippen molar-refractivity contribution in [2.45, 2.75) is 3.79 Å². The summed E-state index contributed by atoms with van der Waals surface area (Å²) in [6.45, 7) is 0. The Morgan fingerprint density at radius 1 is 0.917 bits per heavy atom. The van der Waals surface area contributed by atoms with E-state index in [-0.39, 0.29) is 5.82 Å². The van der Waals surface area contributed by atoms with Crippen LogP contribution in [0.25, 0.3) is 23.1 Å². The third-order valence-corrected chi connectivity index (χ3v) is 3.94. The lowest BCUT2D eigenvalue weighted by Gasteiger charge is -2.11. The van der Waals surface area contributed by atoms with Gasteiger partial charge in [-0.05, 0) is 29.8 Å². The molecule has 0 unspecified atom stereocenters. The van der Waals surface area contributed by atoms with E-state index in [9.17, 15) is 0 Å². The van der Waals surface area contributed by atoms with Crippen molar-refractivity contribution in [2.75, 3.05) is 7.11 Å². The first kappa shape index (κ1) is 17.0. The highest BCUT2D eigenvalue weighted by Gasteiger charge is 2.27. The molecular weight excluding hydrogens is 367 g/mol. The second kappa shape index (κ2) is 6.98. The largest absolute Gasteiger partial charge is 0.497 e. The van der Waals surface area contributed by atoms with Gasteiger partial charge in [0.25, 0.3) is 0 Å². The molecule has 2 aromatic carbocycles. The minimum absolute atomic E-state index is 0.153. The summed E-state index contributed by atoms with van der Waals surface area (Å²) in [7, 11) is 1.64. The highest BCUT2D eigenvalue weighted by atomic mass is 35.6. The Bertz CT molecular complexity index is 887. The summed E-state index contributed by atoms with van der Waals surface area (Å²) in [4.78, 5) is 8.73. The number of hydrogen-bond acceptors (Lipinski definition) is 3. The van der Waals surface area contributed by atoms with E-state index in [0.717, 1.165) is 22.2 Å². The second-order valence-corrected chi connectivity index (χ2v) is 7.34. The van der Waals surface area contributed by atoms with Crippen molar-refractivity contribution >= 4 is 57.9 Å². The molecule has 0 saturated carbocycles. The average Bonchev–Trinajstić information content (AvgIpc) is 2.59. The first-order valence-electron chi connectivity index (χ1n) is 7.13. The van der Waals surface area contributed by atoms with Gasteiger partial charge in [-0.1, -0.05) is 71.2 Å². The van der Waals surface area contributed by atoms with Gasteiger partial charge in [0.2, 0.25) is 3.79 Å². The molecule has 1 aromatic heterocycles. The maximum atomic E-state index is 5.95. The summed E-state index contributed by atoms with van der Waals surface area (Å²) in [5.41, 5.74) is 2.43. The van der Waals surface area contributed by atoms with Crippen LogP contribution in [0, 0.1) is 0 Å². The smallest absolute Gasteiger partial charge is 0.250 e. The molecule has 3 aromatic rings. The first-order valence-corrected chi connectivity index (χ1v) is 8.27. The molecule has 24 heavy (non-hydrogen) atoms. The van der Waals surface area contributed by atoms with Crippen molar-refractivity contribution in [2.24, 2.45) is 0 Å². The number of methoxy groups -OCH3 is 1. The highest BCUT2D eigenvalue weighted by molar-refractivity contribution is 6.66. The summed E-state index contributed by atoms with van der Waals surface area (Å²) in [5, 5.41) is 0.889. The van der Waals surface area contributed by atoms with Gasteiger partial charge in [0, 0.05) is 5.39 Å². The standard InChI is InChI=1S/C18H13Cl3N2O/c1-24-13-9-6-12(7-10-13)8-11-16-14-4-2-3-5-15(14)22-17(23-16)18(19,20)21/h2-11H,1H3. The maximum Gasteiger partial charge on any atom is 0.250 e. The van der Waals surface area contributed by atoms with Crippen LogP contribution in [0.4, 0.5) is 0 Å². The summed E-state index contributed by atoms with van der Waals surface area (Å²) in [6, 6.07) is 15.3. The summed E-state index contributed by atoms with van der Waals surface area (Å²) in [5.74, 6) is 0.957. The van der Waals surface area contributed by atoms with Crippen LogP contribution in [0.1, 0.15) is 17.1 Å². The van der Waals surface area contributed by atoms with Gasteiger partial charge in [0.05, 0.1) is 18.3 Å². The van der Waals surface area contributed by atoms with Gasteiger partial charge in [0.15, 0.2) is 5.82 Å². The number of benzene rings is 2. The molecule has 1 heterocycles. The molecule has 6 heteroatoms. The van der Waals surface area contributed by atoms with Crippen LogP contribution in [-0.4, -0.2) is 17.1 Å². The minimum Gasteiger partial charge on any atom is -0.497 e. The van der Waals surface area contributed by atoms with Gasteiger partial charge in [-0.25, -0.2) is 9.97 Å². The number of rotatable bonds is 3. The van der Waals surface area contributed by atoms with Crippen LogP contribution in [0.3, 0.4) is 0 Å².